The Kier molecular flexibility index (Phi) is 6.18. The fourth-order valence-corrected chi connectivity index (χ4v) is 1.83. The number of nitrogens with one attached hydrogen (secondary N) is 1. The van der Waals surface area contributed by atoms with E-state index in [1.165, 1.54) is 7.11 Å². The lowest BCUT2D eigenvalue weighted by Crippen LogP contribution is -2.46. The first-order valence-electron chi connectivity index (χ1n) is 6.60. The maximum atomic E-state index is 12.1. The first kappa shape index (κ1) is 16.2. The van der Waals surface area contributed by atoms with Crippen LogP contribution in [0.2, 0.25) is 0 Å². The van der Waals surface area contributed by atoms with E-state index in [0.29, 0.717) is 0 Å². The number of nitrogens with zero attached hydrogens (tertiary/aromatic N) is 1. The van der Waals surface area contributed by atoms with E-state index in [1.54, 1.807) is 11.9 Å². The molecule has 0 aliphatic heterocycles. The molecule has 1 atom stereocenters. The van der Waals surface area contributed by atoms with Gasteiger partial charge in [0, 0.05) is 12.7 Å². The molecule has 0 spiro atoms. The number of carbonyl (C=O) groups is 2. The fourth-order valence-electron chi connectivity index (χ4n) is 1.83. The fraction of sp³-hybridized carbons (Fsp3) is 0.467. The highest BCUT2D eigenvalue weighted by Crippen LogP contribution is 2.11. The molecule has 5 nitrogen and oxygen atoms in total. The molecular formula is C15H22N2O3. The number of anilines is 1. The molecule has 0 aliphatic carbocycles. The molecule has 1 aromatic rings. The number of amides is 1. The number of benzene rings is 1. The molecule has 0 radical (unpaired) electrons. The van der Waals surface area contributed by atoms with E-state index in [9.17, 15) is 9.59 Å². The van der Waals surface area contributed by atoms with E-state index in [4.69, 9.17) is 4.74 Å². The average molecular weight is 278 g/mol. The van der Waals surface area contributed by atoms with Gasteiger partial charge in [0.05, 0.1) is 13.7 Å². The molecule has 0 saturated heterocycles. The Morgan fingerprint density at radius 2 is 1.85 bits per heavy atom. The largest absolute Gasteiger partial charge is 0.468 e. The van der Waals surface area contributed by atoms with Gasteiger partial charge in [-0.05, 0) is 18.1 Å². The number of hydrogen-bond acceptors (Lipinski definition) is 4. The maximum Gasteiger partial charge on any atom is 0.323 e. The minimum Gasteiger partial charge on any atom is -0.468 e. The van der Waals surface area contributed by atoms with Gasteiger partial charge in [-0.3, -0.25) is 14.9 Å². The number of rotatable bonds is 6. The van der Waals surface area contributed by atoms with Crippen LogP contribution in [-0.4, -0.2) is 38.6 Å². The summed E-state index contributed by atoms with van der Waals surface area (Å²) < 4.78 is 4.72. The third-order valence-electron chi connectivity index (χ3n) is 3.11. The van der Waals surface area contributed by atoms with Gasteiger partial charge < -0.3 is 9.64 Å². The van der Waals surface area contributed by atoms with Crippen molar-refractivity contribution >= 4 is 17.6 Å². The molecule has 0 bridgehead atoms. The van der Waals surface area contributed by atoms with Crippen molar-refractivity contribution in [3.63, 3.8) is 0 Å². The number of para-hydroxylation sites is 1. The van der Waals surface area contributed by atoms with Gasteiger partial charge in [-0.1, -0.05) is 32.0 Å². The van der Waals surface area contributed by atoms with Gasteiger partial charge in [0.25, 0.3) is 0 Å². The van der Waals surface area contributed by atoms with Gasteiger partial charge in [-0.2, -0.15) is 0 Å². The lowest BCUT2D eigenvalue weighted by Gasteiger charge is -2.22. The van der Waals surface area contributed by atoms with Gasteiger partial charge in [-0.15, -0.1) is 0 Å². The monoisotopic (exact) mass is 278 g/mol. The Balaban J connectivity index is 2.60. The summed E-state index contributed by atoms with van der Waals surface area (Å²) in [6.07, 6.45) is 0. The van der Waals surface area contributed by atoms with E-state index in [1.807, 2.05) is 44.2 Å². The van der Waals surface area contributed by atoms with Crippen LogP contribution >= 0.6 is 0 Å². The third-order valence-corrected chi connectivity index (χ3v) is 3.11. The van der Waals surface area contributed by atoms with Crippen LogP contribution in [0.4, 0.5) is 5.69 Å². The first-order valence-corrected chi connectivity index (χ1v) is 6.60. The minimum absolute atomic E-state index is 0.0530. The van der Waals surface area contributed by atoms with Crippen molar-refractivity contribution in [3.8, 4) is 0 Å². The van der Waals surface area contributed by atoms with Crippen LogP contribution in [0, 0.1) is 5.92 Å². The van der Waals surface area contributed by atoms with Gasteiger partial charge in [0.1, 0.15) is 6.04 Å². The summed E-state index contributed by atoms with van der Waals surface area (Å²) in [7, 11) is 3.05. The second-order valence-corrected chi connectivity index (χ2v) is 4.91. The van der Waals surface area contributed by atoms with E-state index in [0.717, 1.165) is 5.69 Å². The van der Waals surface area contributed by atoms with E-state index >= 15 is 0 Å². The summed E-state index contributed by atoms with van der Waals surface area (Å²) in [4.78, 5) is 25.2. The number of esters is 1. The molecule has 1 aromatic carbocycles. The average Bonchev–Trinajstić information content (AvgIpc) is 2.46. The van der Waals surface area contributed by atoms with E-state index in [-0.39, 0.29) is 24.3 Å². The van der Waals surface area contributed by atoms with E-state index in [2.05, 4.69) is 5.32 Å². The summed E-state index contributed by atoms with van der Waals surface area (Å²) in [6.45, 7) is 3.89. The molecule has 5 heteroatoms. The molecule has 0 saturated carbocycles. The highest BCUT2D eigenvalue weighted by atomic mass is 16.5. The lowest BCUT2D eigenvalue weighted by molar-refractivity contribution is -0.144. The third kappa shape index (κ3) is 4.35. The Morgan fingerprint density at radius 1 is 1.25 bits per heavy atom. The smallest absolute Gasteiger partial charge is 0.323 e. The highest BCUT2D eigenvalue weighted by molar-refractivity contribution is 5.94. The SMILES string of the molecule is COC(=O)C(NCC(=O)N(C)c1ccccc1)C(C)C. The number of hydrogen-bond donors (Lipinski definition) is 1. The van der Waals surface area contributed by atoms with Crippen molar-refractivity contribution < 1.29 is 14.3 Å². The normalized spacial score (nSPS) is 12.1. The molecule has 0 heterocycles. The Hall–Kier alpha value is -1.88. The zero-order chi connectivity index (χ0) is 15.1. The number of carbonyl (C=O) groups excluding carboxylic acids is 2. The van der Waals surface area contributed by atoms with Crippen molar-refractivity contribution in [1.82, 2.24) is 5.32 Å². The van der Waals surface area contributed by atoms with Crippen LogP contribution < -0.4 is 10.2 Å². The van der Waals surface area contributed by atoms with Crippen LogP contribution in [0.5, 0.6) is 0 Å². The van der Waals surface area contributed by atoms with Crippen molar-refractivity contribution in [3.05, 3.63) is 30.3 Å². The molecular weight excluding hydrogens is 256 g/mol. The van der Waals surface area contributed by atoms with Crippen molar-refractivity contribution in [2.45, 2.75) is 19.9 Å². The zero-order valence-electron chi connectivity index (χ0n) is 12.4. The highest BCUT2D eigenvalue weighted by Gasteiger charge is 2.23. The molecule has 20 heavy (non-hydrogen) atoms. The number of methoxy groups -OCH3 is 1. The van der Waals surface area contributed by atoms with Gasteiger partial charge >= 0.3 is 5.97 Å². The van der Waals surface area contributed by atoms with Crippen LogP contribution in [0.1, 0.15) is 13.8 Å². The molecule has 1 N–H and O–H groups in total. The zero-order valence-corrected chi connectivity index (χ0v) is 12.4. The van der Waals surface area contributed by atoms with Crippen molar-refractivity contribution in [2.24, 2.45) is 5.92 Å². The van der Waals surface area contributed by atoms with Crippen molar-refractivity contribution in [2.75, 3.05) is 25.6 Å². The van der Waals surface area contributed by atoms with E-state index < -0.39 is 6.04 Å². The van der Waals surface area contributed by atoms with Gasteiger partial charge in [0.2, 0.25) is 5.91 Å². The minimum atomic E-state index is -0.479. The van der Waals surface area contributed by atoms with Gasteiger partial charge in [-0.25, -0.2) is 0 Å². The maximum absolute atomic E-state index is 12.1. The second kappa shape index (κ2) is 7.65. The summed E-state index contributed by atoms with van der Waals surface area (Å²) in [5, 5.41) is 2.95. The predicted molar refractivity (Wildman–Crippen MR) is 78.5 cm³/mol. The lowest BCUT2D eigenvalue weighted by atomic mass is 10.0. The van der Waals surface area contributed by atoms with Crippen LogP contribution in [0.25, 0.3) is 0 Å². The molecule has 0 aliphatic rings. The van der Waals surface area contributed by atoms with Crippen molar-refractivity contribution in [1.29, 1.82) is 0 Å². The molecule has 1 amide bonds. The Morgan fingerprint density at radius 3 is 2.35 bits per heavy atom. The Labute approximate surface area is 119 Å². The van der Waals surface area contributed by atoms with Crippen LogP contribution in [-0.2, 0) is 14.3 Å². The molecule has 1 unspecified atom stereocenters. The molecule has 0 fully saturated rings. The first-order chi connectivity index (χ1) is 9.47. The summed E-state index contributed by atoms with van der Waals surface area (Å²) in [5.41, 5.74) is 0.818. The quantitative estimate of drug-likeness (QED) is 0.800. The Bertz CT molecular complexity index is 446. The second-order valence-electron chi connectivity index (χ2n) is 4.91. The summed E-state index contributed by atoms with van der Waals surface area (Å²) in [6, 6.07) is 8.88. The molecule has 1 rings (SSSR count). The predicted octanol–water partition coefficient (Wildman–Crippen LogP) is 1.44. The van der Waals surface area contributed by atoms with Gasteiger partial charge in [0.15, 0.2) is 0 Å². The topological polar surface area (TPSA) is 58.6 Å². The standard InChI is InChI=1S/C15H22N2O3/c1-11(2)14(15(19)20-4)16-10-13(18)17(3)12-8-6-5-7-9-12/h5-9,11,14,16H,10H2,1-4H3. The number of ether oxygens (including phenoxy) is 1. The molecule has 110 valence electrons. The molecule has 0 aromatic heterocycles. The number of likely N-dealkylation sites (N-methyl/N-ethyl adjacent to an activating group) is 1. The summed E-state index contributed by atoms with van der Waals surface area (Å²) in [5.74, 6) is -0.404. The van der Waals surface area contributed by atoms with Crippen LogP contribution in [0.15, 0.2) is 30.3 Å². The summed E-state index contributed by atoms with van der Waals surface area (Å²) >= 11 is 0. The van der Waals surface area contributed by atoms with Crippen LogP contribution in [0.3, 0.4) is 0 Å².